The SMILES string of the molecule is Cc1c(CSc2nc3ccccc3c(=O)n2C2CC2)noc1-c1ccc(F)cc1. The first kappa shape index (κ1) is 18.1. The normalized spacial score (nSPS) is 13.9. The number of benzene rings is 2. The second kappa shape index (κ2) is 7.15. The molecule has 7 heteroatoms. The number of hydrogen-bond acceptors (Lipinski definition) is 5. The van der Waals surface area contributed by atoms with Crippen molar-refractivity contribution < 1.29 is 8.91 Å². The molecule has 0 saturated heterocycles. The Kier molecular flexibility index (Phi) is 4.47. The van der Waals surface area contributed by atoms with Crippen molar-refractivity contribution in [1.82, 2.24) is 14.7 Å². The molecule has 4 aromatic rings. The van der Waals surface area contributed by atoms with Gasteiger partial charge < -0.3 is 4.52 Å². The standard InChI is InChI=1S/C22H18FN3O2S/c1-13-19(25-28-20(13)14-6-8-15(23)9-7-14)12-29-22-24-18-5-3-2-4-17(18)21(27)26(22)16-10-11-16/h2-9,16H,10-12H2,1H3. The summed E-state index contributed by atoms with van der Waals surface area (Å²) < 4.78 is 20.5. The molecule has 0 N–H and O–H groups in total. The van der Waals surface area contributed by atoms with E-state index in [0.717, 1.165) is 29.7 Å². The van der Waals surface area contributed by atoms with Gasteiger partial charge in [-0.25, -0.2) is 9.37 Å². The maximum atomic E-state index is 13.2. The van der Waals surface area contributed by atoms with Gasteiger partial charge in [-0.3, -0.25) is 9.36 Å². The highest BCUT2D eigenvalue weighted by molar-refractivity contribution is 7.98. The molecule has 0 atom stereocenters. The molecule has 2 aromatic carbocycles. The van der Waals surface area contributed by atoms with Crippen molar-refractivity contribution in [2.75, 3.05) is 0 Å². The fourth-order valence-electron chi connectivity index (χ4n) is 3.39. The minimum Gasteiger partial charge on any atom is -0.356 e. The Morgan fingerprint density at radius 2 is 1.93 bits per heavy atom. The van der Waals surface area contributed by atoms with Crippen LogP contribution in [0, 0.1) is 12.7 Å². The van der Waals surface area contributed by atoms with Crippen LogP contribution in [0.1, 0.15) is 30.1 Å². The van der Waals surface area contributed by atoms with Gasteiger partial charge in [0.15, 0.2) is 10.9 Å². The van der Waals surface area contributed by atoms with E-state index in [9.17, 15) is 9.18 Å². The third-order valence-corrected chi connectivity index (χ3v) is 6.12. The summed E-state index contributed by atoms with van der Waals surface area (Å²) >= 11 is 1.49. The van der Waals surface area contributed by atoms with Crippen LogP contribution in [0.25, 0.3) is 22.2 Å². The van der Waals surface area contributed by atoms with Gasteiger partial charge >= 0.3 is 0 Å². The van der Waals surface area contributed by atoms with Crippen LogP contribution in [0.5, 0.6) is 0 Å². The fourth-order valence-corrected chi connectivity index (χ4v) is 4.46. The number of rotatable bonds is 5. The summed E-state index contributed by atoms with van der Waals surface area (Å²) in [6.45, 7) is 1.94. The lowest BCUT2D eigenvalue weighted by Crippen LogP contribution is -2.22. The number of nitrogens with zero attached hydrogens (tertiary/aromatic N) is 3. The smallest absolute Gasteiger partial charge is 0.262 e. The second-order valence-electron chi connectivity index (χ2n) is 7.20. The molecule has 1 fully saturated rings. The van der Waals surface area contributed by atoms with Gasteiger partial charge in [0.05, 0.1) is 16.6 Å². The molecule has 2 heterocycles. The Morgan fingerprint density at radius 3 is 2.69 bits per heavy atom. The predicted molar refractivity (Wildman–Crippen MR) is 110 cm³/mol. The highest BCUT2D eigenvalue weighted by Crippen LogP contribution is 2.38. The molecule has 0 radical (unpaired) electrons. The van der Waals surface area contributed by atoms with Gasteiger partial charge in [-0.05, 0) is 56.2 Å². The lowest BCUT2D eigenvalue weighted by molar-refractivity contribution is 0.426. The molecule has 29 heavy (non-hydrogen) atoms. The summed E-state index contributed by atoms with van der Waals surface area (Å²) in [6, 6.07) is 13.8. The van der Waals surface area contributed by atoms with E-state index in [0.29, 0.717) is 27.6 Å². The minimum atomic E-state index is -0.290. The lowest BCUT2D eigenvalue weighted by Gasteiger charge is -2.11. The molecule has 5 rings (SSSR count). The maximum Gasteiger partial charge on any atom is 0.262 e. The van der Waals surface area contributed by atoms with E-state index in [2.05, 4.69) is 5.16 Å². The van der Waals surface area contributed by atoms with Crippen LogP contribution in [-0.4, -0.2) is 14.7 Å². The number of para-hydroxylation sites is 1. The summed E-state index contributed by atoms with van der Waals surface area (Å²) in [5.41, 5.74) is 3.21. The molecule has 1 aliphatic carbocycles. The van der Waals surface area contributed by atoms with E-state index in [1.54, 1.807) is 12.1 Å². The van der Waals surface area contributed by atoms with Crippen molar-refractivity contribution in [3.8, 4) is 11.3 Å². The maximum absolute atomic E-state index is 13.2. The molecule has 0 aliphatic heterocycles. The van der Waals surface area contributed by atoms with E-state index < -0.39 is 0 Å². The van der Waals surface area contributed by atoms with E-state index in [1.165, 1.54) is 23.9 Å². The van der Waals surface area contributed by atoms with Crippen molar-refractivity contribution >= 4 is 22.7 Å². The highest BCUT2D eigenvalue weighted by atomic mass is 32.2. The van der Waals surface area contributed by atoms with Crippen LogP contribution in [-0.2, 0) is 5.75 Å². The third kappa shape index (κ3) is 3.35. The predicted octanol–water partition coefficient (Wildman–Crippen LogP) is 5.13. The molecule has 5 nitrogen and oxygen atoms in total. The van der Waals surface area contributed by atoms with E-state index >= 15 is 0 Å². The Hall–Kier alpha value is -2.93. The average molecular weight is 407 g/mol. The van der Waals surface area contributed by atoms with Crippen molar-refractivity contribution in [3.05, 3.63) is 76.0 Å². The number of halogens is 1. The molecular formula is C22H18FN3O2S. The molecule has 0 unspecified atom stereocenters. The summed E-state index contributed by atoms with van der Waals surface area (Å²) in [6.07, 6.45) is 2.01. The van der Waals surface area contributed by atoms with E-state index in [1.807, 2.05) is 35.8 Å². The Bertz CT molecular complexity index is 1260. The van der Waals surface area contributed by atoms with Crippen LogP contribution < -0.4 is 5.56 Å². The van der Waals surface area contributed by atoms with Crippen LogP contribution in [0.15, 0.2) is 63.0 Å². The molecule has 0 spiro atoms. The number of fused-ring (bicyclic) bond motifs is 1. The molecular weight excluding hydrogens is 389 g/mol. The number of thioether (sulfide) groups is 1. The first-order chi connectivity index (χ1) is 14.1. The van der Waals surface area contributed by atoms with Crippen molar-refractivity contribution in [1.29, 1.82) is 0 Å². The fraction of sp³-hybridized carbons (Fsp3) is 0.227. The third-order valence-electron chi connectivity index (χ3n) is 5.15. The van der Waals surface area contributed by atoms with Crippen LogP contribution >= 0.6 is 11.8 Å². The van der Waals surface area contributed by atoms with Crippen LogP contribution in [0.4, 0.5) is 4.39 Å². The highest BCUT2D eigenvalue weighted by Gasteiger charge is 2.28. The van der Waals surface area contributed by atoms with Gasteiger partial charge in [-0.2, -0.15) is 0 Å². The monoisotopic (exact) mass is 407 g/mol. The topological polar surface area (TPSA) is 60.9 Å². The number of aromatic nitrogens is 3. The lowest BCUT2D eigenvalue weighted by atomic mass is 10.1. The quantitative estimate of drug-likeness (QED) is 0.339. The average Bonchev–Trinajstić information content (AvgIpc) is 3.50. The molecule has 146 valence electrons. The summed E-state index contributed by atoms with van der Waals surface area (Å²) in [4.78, 5) is 17.7. The Morgan fingerprint density at radius 1 is 1.17 bits per heavy atom. The summed E-state index contributed by atoms with van der Waals surface area (Å²) in [7, 11) is 0. The molecule has 2 aromatic heterocycles. The van der Waals surface area contributed by atoms with Gasteiger partial charge in [-0.15, -0.1) is 0 Å². The zero-order valence-electron chi connectivity index (χ0n) is 15.8. The molecule has 1 saturated carbocycles. The Labute approximate surface area is 170 Å². The molecule has 1 aliphatic rings. The molecule has 0 amide bonds. The largest absolute Gasteiger partial charge is 0.356 e. The Balaban J connectivity index is 1.46. The van der Waals surface area contributed by atoms with E-state index in [4.69, 9.17) is 9.51 Å². The zero-order chi connectivity index (χ0) is 20.0. The van der Waals surface area contributed by atoms with Gasteiger partial charge in [0, 0.05) is 22.9 Å². The summed E-state index contributed by atoms with van der Waals surface area (Å²) in [5.74, 6) is 0.877. The van der Waals surface area contributed by atoms with Gasteiger partial charge in [0.2, 0.25) is 0 Å². The van der Waals surface area contributed by atoms with Gasteiger partial charge in [-0.1, -0.05) is 29.1 Å². The first-order valence-electron chi connectivity index (χ1n) is 9.47. The van der Waals surface area contributed by atoms with Crippen LogP contribution in [0.2, 0.25) is 0 Å². The summed E-state index contributed by atoms with van der Waals surface area (Å²) in [5, 5.41) is 5.56. The van der Waals surface area contributed by atoms with E-state index in [-0.39, 0.29) is 17.4 Å². The van der Waals surface area contributed by atoms with Gasteiger partial charge in [0.25, 0.3) is 5.56 Å². The molecule has 0 bridgehead atoms. The van der Waals surface area contributed by atoms with Gasteiger partial charge in [0.1, 0.15) is 5.82 Å². The van der Waals surface area contributed by atoms with Crippen molar-refractivity contribution in [2.24, 2.45) is 0 Å². The first-order valence-corrected chi connectivity index (χ1v) is 10.5. The van der Waals surface area contributed by atoms with Crippen molar-refractivity contribution in [3.63, 3.8) is 0 Å². The second-order valence-corrected chi connectivity index (χ2v) is 8.14. The minimum absolute atomic E-state index is 0.0180. The van der Waals surface area contributed by atoms with Crippen LogP contribution in [0.3, 0.4) is 0 Å². The van der Waals surface area contributed by atoms with Crippen molar-refractivity contribution in [2.45, 2.75) is 36.7 Å². The number of hydrogen-bond donors (Lipinski definition) is 0. The zero-order valence-corrected chi connectivity index (χ0v) is 16.6.